The molecule has 1 aromatic rings. The van der Waals surface area contributed by atoms with Gasteiger partial charge in [0.2, 0.25) is 5.95 Å². The van der Waals surface area contributed by atoms with Crippen molar-refractivity contribution in [3.8, 4) is 0 Å². The molecule has 23 heavy (non-hydrogen) atoms. The maximum absolute atomic E-state index is 6.32. The molecular weight excluding hydrogens is 316 g/mol. The van der Waals surface area contributed by atoms with Crippen molar-refractivity contribution in [2.24, 2.45) is 11.8 Å². The van der Waals surface area contributed by atoms with Gasteiger partial charge in [0.05, 0.1) is 19.4 Å². The Morgan fingerprint density at radius 2 is 1.70 bits per heavy atom. The molecule has 128 valence electrons. The lowest BCUT2D eigenvalue weighted by molar-refractivity contribution is 0.186. The fourth-order valence-corrected chi connectivity index (χ4v) is 3.43. The summed E-state index contributed by atoms with van der Waals surface area (Å²) in [7, 11) is 4.05. The SMILES string of the molecule is CN(C[C@H]1CCOC1)c1ncc(Cl)c(N(C)C[C@H]2CCOC2)n1. The van der Waals surface area contributed by atoms with E-state index in [1.54, 1.807) is 6.20 Å². The van der Waals surface area contributed by atoms with Gasteiger partial charge < -0.3 is 19.3 Å². The van der Waals surface area contributed by atoms with Gasteiger partial charge in [-0.25, -0.2) is 4.98 Å². The minimum Gasteiger partial charge on any atom is -0.381 e. The molecule has 2 atom stereocenters. The van der Waals surface area contributed by atoms with Crippen LogP contribution >= 0.6 is 11.6 Å². The third-order valence-electron chi connectivity index (χ3n) is 4.53. The first kappa shape index (κ1) is 16.7. The van der Waals surface area contributed by atoms with Crippen molar-refractivity contribution < 1.29 is 9.47 Å². The number of ether oxygens (including phenoxy) is 2. The summed E-state index contributed by atoms with van der Waals surface area (Å²) >= 11 is 6.32. The van der Waals surface area contributed by atoms with Gasteiger partial charge in [0.1, 0.15) is 5.02 Å². The Hall–Kier alpha value is -1.11. The zero-order chi connectivity index (χ0) is 16.2. The van der Waals surface area contributed by atoms with Crippen molar-refractivity contribution in [2.75, 3.05) is 63.4 Å². The van der Waals surface area contributed by atoms with Crippen molar-refractivity contribution in [3.05, 3.63) is 11.2 Å². The Morgan fingerprint density at radius 3 is 2.26 bits per heavy atom. The van der Waals surface area contributed by atoms with E-state index in [1.807, 2.05) is 14.1 Å². The van der Waals surface area contributed by atoms with E-state index in [0.717, 1.165) is 58.2 Å². The lowest BCUT2D eigenvalue weighted by Gasteiger charge is -2.25. The monoisotopic (exact) mass is 340 g/mol. The molecule has 0 bridgehead atoms. The molecule has 0 spiro atoms. The first-order chi connectivity index (χ1) is 11.1. The van der Waals surface area contributed by atoms with Crippen LogP contribution in [0.1, 0.15) is 12.8 Å². The first-order valence-corrected chi connectivity index (χ1v) is 8.61. The van der Waals surface area contributed by atoms with Gasteiger partial charge in [0, 0.05) is 52.2 Å². The largest absolute Gasteiger partial charge is 0.381 e. The van der Waals surface area contributed by atoms with E-state index in [-0.39, 0.29) is 0 Å². The molecular formula is C16H25ClN4O2. The molecule has 2 fully saturated rings. The van der Waals surface area contributed by atoms with Gasteiger partial charge in [-0.3, -0.25) is 0 Å². The second-order valence-electron chi connectivity index (χ2n) is 6.56. The number of hydrogen-bond donors (Lipinski definition) is 0. The van der Waals surface area contributed by atoms with E-state index >= 15 is 0 Å². The number of halogens is 1. The van der Waals surface area contributed by atoms with Crippen molar-refractivity contribution in [2.45, 2.75) is 12.8 Å². The lowest BCUT2D eigenvalue weighted by atomic mass is 10.1. The second kappa shape index (κ2) is 7.64. The molecule has 0 aromatic carbocycles. The zero-order valence-corrected chi connectivity index (χ0v) is 14.6. The molecule has 2 aliphatic rings. The molecule has 0 amide bonds. The van der Waals surface area contributed by atoms with Gasteiger partial charge >= 0.3 is 0 Å². The smallest absolute Gasteiger partial charge is 0.227 e. The summed E-state index contributed by atoms with van der Waals surface area (Å²) in [6.07, 6.45) is 3.90. The molecule has 3 rings (SSSR count). The lowest BCUT2D eigenvalue weighted by Crippen LogP contribution is -2.30. The first-order valence-electron chi connectivity index (χ1n) is 8.23. The normalized spacial score (nSPS) is 24.1. The van der Waals surface area contributed by atoms with E-state index in [1.165, 1.54) is 0 Å². The van der Waals surface area contributed by atoms with Crippen molar-refractivity contribution in [1.82, 2.24) is 9.97 Å². The summed E-state index contributed by atoms with van der Waals surface area (Å²) in [5, 5.41) is 0.591. The van der Waals surface area contributed by atoms with E-state index < -0.39 is 0 Å². The highest BCUT2D eigenvalue weighted by atomic mass is 35.5. The average Bonchev–Trinajstić information content (AvgIpc) is 3.21. The Labute approximate surface area is 142 Å². The number of rotatable bonds is 6. The molecule has 7 heteroatoms. The fraction of sp³-hybridized carbons (Fsp3) is 0.750. The van der Waals surface area contributed by atoms with Crippen LogP contribution in [-0.2, 0) is 9.47 Å². The number of anilines is 2. The molecule has 0 radical (unpaired) electrons. The van der Waals surface area contributed by atoms with Crippen molar-refractivity contribution >= 4 is 23.4 Å². The van der Waals surface area contributed by atoms with Gasteiger partial charge in [-0.15, -0.1) is 0 Å². The summed E-state index contributed by atoms with van der Waals surface area (Å²) in [6.45, 7) is 5.16. The van der Waals surface area contributed by atoms with Crippen LogP contribution < -0.4 is 9.80 Å². The molecule has 0 saturated carbocycles. The van der Waals surface area contributed by atoms with E-state index in [9.17, 15) is 0 Å². The van der Waals surface area contributed by atoms with Crippen LogP contribution in [0.5, 0.6) is 0 Å². The van der Waals surface area contributed by atoms with Gasteiger partial charge in [0.25, 0.3) is 0 Å². The van der Waals surface area contributed by atoms with Crippen LogP contribution in [0.3, 0.4) is 0 Å². The highest BCUT2D eigenvalue weighted by Gasteiger charge is 2.22. The van der Waals surface area contributed by atoms with Crippen LogP contribution in [0, 0.1) is 11.8 Å². The summed E-state index contributed by atoms with van der Waals surface area (Å²) in [5.41, 5.74) is 0. The summed E-state index contributed by atoms with van der Waals surface area (Å²) in [6, 6.07) is 0. The third-order valence-corrected chi connectivity index (χ3v) is 4.79. The van der Waals surface area contributed by atoms with Crippen molar-refractivity contribution in [1.29, 1.82) is 0 Å². The minimum absolute atomic E-state index is 0.544. The van der Waals surface area contributed by atoms with Gasteiger partial charge in [-0.2, -0.15) is 4.98 Å². The minimum atomic E-state index is 0.544. The average molecular weight is 341 g/mol. The number of aromatic nitrogens is 2. The second-order valence-corrected chi connectivity index (χ2v) is 6.97. The predicted molar refractivity (Wildman–Crippen MR) is 91.4 cm³/mol. The quantitative estimate of drug-likeness (QED) is 0.790. The third kappa shape index (κ3) is 4.25. The van der Waals surface area contributed by atoms with Crippen LogP contribution in [0.2, 0.25) is 5.02 Å². The van der Waals surface area contributed by atoms with Gasteiger partial charge in [-0.1, -0.05) is 11.6 Å². The van der Waals surface area contributed by atoms with Crippen LogP contribution in [-0.4, -0.2) is 63.6 Å². The highest BCUT2D eigenvalue weighted by molar-refractivity contribution is 6.32. The van der Waals surface area contributed by atoms with E-state index in [2.05, 4.69) is 19.8 Å². The van der Waals surface area contributed by atoms with Crippen molar-refractivity contribution in [3.63, 3.8) is 0 Å². The summed E-state index contributed by atoms with van der Waals surface area (Å²) in [5.74, 6) is 2.60. The highest BCUT2D eigenvalue weighted by Crippen LogP contribution is 2.26. The van der Waals surface area contributed by atoms with E-state index in [4.69, 9.17) is 21.1 Å². The Morgan fingerprint density at radius 1 is 1.09 bits per heavy atom. The number of nitrogens with zero attached hydrogens (tertiary/aromatic N) is 4. The molecule has 3 heterocycles. The predicted octanol–water partition coefficient (Wildman–Crippen LogP) is 2.08. The maximum Gasteiger partial charge on any atom is 0.227 e. The Bertz CT molecular complexity index is 519. The van der Waals surface area contributed by atoms with Gasteiger partial charge in [0.15, 0.2) is 5.82 Å². The zero-order valence-electron chi connectivity index (χ0n) is 13.9. The van der Waals surface area contributed by atoms with Crippen LogP contribution in [0.25, 0.3) is 0 Å². The maximum atomic E-state index is 6.32. The molecule has 0 aliphatic carbocycles. The fourth-order valence-electron chi connectivity index (χ4n) is 3.20. The topological polar surface area (TPSA) is 50.7 Å². The summed E-state index contributed by atoms with van der Waals surface area (Å²) in [4.78, 5) is 13.3. The van der Waals surface area contributed by atoms with Crippen LogP contribution in [0.4, 0.5) is 11.8 Å². The van der Waals surface area contributed by atoms with E-state index in [0.29, 0.717) is 22.8 Å². The number of hydrogen-bond acceptors (Lipinski definition) is 6. The molecule has 2 aliphatic heterocycles. The summed E-state index contributed by atoms with van der Waals surface area (Å²) < 4.78 is 10.9. The molecule has 2 saturated heterocycles. The molecule has 0 N–H and O–H groups in total. The van der Waals surface area contributed by atoms with Gasteiger partial charge in [-0.05, 0) is 12.8 Å². The Kier molecular flexibility index (Phi) is 5.56. The molecule has 1 aromatic heterocycles. The molecule has 6 nitrogen and oxygen atoms in total. The Balaban J connectivity index is 1.67. The standard InChI is InChI=1S/C16H25ClN4O2/c1-20(8-12-3-5-22-10-12)15-14(17)7-18-16(19-15)21(2)9-13-4-6-23-11-13/h7,12-13H,3-6,8-11H2,1-2H3/t12-,13-/m1/s1. The van der Waals surface area contributed by atoms with Crippen LogP contribution in [0.15, 0.2) is 6.20 Å². The molecule has 0 unspecified atom stereocenters.